The number of aromatic nitrogens is 5. The number of carbonyl (C=O) groups is 3. The minimum absolute atomic E-state index is 0.0235. The number of hydrogen-bond acceptors (Lipinski definition) is 6. The Morgan fingerprint density at radius 3 is 2.31 bits per heavy atom. The van der Waals surface area contributed by atoms with Crippen LogP contribution in [0.4, 0.5) is 0 Å². The van der Waals surface area contributed by atoms with Crippen LogP contribution >= 0.6 is 0 Å². The fraction of sp³-hybridized carbons (Fsp3) is 0.300. The number of amides is 2. The maximum absolute atomic E-state index is 12.5. The SMILES string of the molecule is Cc1cc(C(=O)Cn2nnc(CCN3C(=O)c4ccccc4C3=O)n2)c(C)n1C. The summed E-state index contributed by atoms with van der Waals surface area (Å²) in [6.07, 6.45) is 0.267. The van der Waals surface area contributed by atoms with Crippen LogP contribution < -0.4 is 0 Å². The second kappa shape index (κ2) is 7.08. The Morgan fingerprint density at radius 1 is 1.07 bits per heavy atom. The zero-order chi connectivity index (χ0) is 20.7. The van der Waals surface area contributed by atoms with Gasteiger partial charge in [0.25, 0.3) is 11.8 Å². The molecule has 4 rings (SSSR count). The average molecular weight is 392 g/mol. The highest BCUT2D eigenvalue weighted by atomic mass is 16.2. The summed E-state index contributed by atoms with van der Waals surface area (Å²) in [4.78, 5) is 39.8. The van der Waals surface area contributed by atoms with Crippen molar-refractivity contribution in [3.8, 4) is 0 Å². The molecule has 0 bridgehead atoms. The first-order valence-electron chi connectivity index (χ1n) is 9.25. The molecule has 3 aromatic rings. The molecule has 2 amide bonds. The summed E-state index contributed by atoms with van der Waals surface area (Å²) < 4.78 is 1.95. The largest absolute Gasteiger partial charge is 0.351 e. The van der Waals surface area contributed by atoms with E-state index in [2.05, 4.69) is 15.4 Å². The fourth-order valence-corrected chi connectivity index (χ4v) is 3.45. The van der Waals surface area contributed by atoms with Crippen LogP contribution in [0.15, 0.2) is 30.3 Å². The second-order valence-electron chi connectivity index (χ2n) is 7.06. The highest BCUT2D eigenvalue weighted by molar-refractivity contribution is 6.21. The van der Waals surface area contributed by atoms with E-state index in [4.69, 9.17) is 0 Å². The van der Waals surface area contributed by atoms with E-state index in [1.165, 1.54) is 9.70 Å². The van der Waals surface area contributed by atoms with E-state index in [0.717, 1.165) is 11.4 Å². The van der Waals surface area contributed by atoms with Crippen LogP contribution in [0.3, 0.4) is 0 Å². The number of hydrogen-bond donors (Lipinski definition) is 0. The number of rotatable bonds is 6. The van der Waals surface area contributed by atoms with Crippen molar-refractivity contribution < 1.29 is 14.4 Å². The second-order valence-corrected chi connectivity index (χ2v) is 7.06. The first kappa shape index (κ1) is 18.7. The van der Waals surface area contributed by atoms with Crippen LogP contribution in [0.5, 0.6) is 0 Å². The lowest BCUT2D eigenvalue weighted by Gasteiger charge is -2.11. The van der Waals surface area contributed by atoms with Crippen LogP contribution in [0.1, 0.15) is 48.3 Å². The smallest absolute Gasteiger partial charge is 0.261 e. The number of Topliss-reactive ketones (excluding diaryl/α,β-unsaturated/α-hetero) is 1. The predicted octanol–water partition coefficient (Wildman–Crippen LogP) is 1.35. The van der Waals surface area contributed by atoms with Crippen LogP contribution in [0.25, 0.3) is 0 Å². The summed E-state index contributed by atoms with van der Waals surface area (Å²) in [5.41, 5.74) is 3.34. The monoisotopic (exact) mass is 392 g/mol. The van der Waals surface area contributed by atoms with Crippen molar-refractivity contribution in [2.45, 2.75) is 26.8 Å². The van der Waals surface area contributed by atoms with Gasteiger partial charge in [-0.25, -0.2) is 0 Å². The number of benzene rings is 1. The van der Waals surface area contributed by atoms with Gasteiger partial charge in [0.05, 0.1) is 11.1 Å². The van der Waals surface area contributed by atoms with Gasteiger partial charge in [-0.15, -0.1) is 10.2 Å². The Hall–Kier alpha value is -3.62. The number of carbonyl (C=O) groups excluding carboxylic acids is 3. The van der Waals surface area contributed by atoms with E-state index < -0.39 is 0 Å². The highest BCUT2D eigenvalue weighted by Gasteiger charge is 2.34. The van der Waals surface area contributed by atoms with Gasteiger partial charge < -0.3 is 4.57 Å². The molecule has 0 spiro atoms. The maximum atomic E-state index is 12.5. The Kier molecular flexibility index (Phi) is 4.57. The molecule has 1 aliphatic heterocycles. The summed E-state index contributed by atoms with van der Waals surface area (Å²) in [5, 5.41) is 12.1. The first-order chi connectivity index (χ1) is 13.9. The minimum Gasteiger partial charge on any atom is -0.351 e. The molecule has 0 unspecified atom stereocenters. The van der Waals surface area contributed by atoms with Crippen molar-refractivity contribution in [3.63, 3.8) is 0 Å². The van der Waals surface area contributed by atoms with Crippen molar-refractivity contribution in [3.05, 3.63) is 64.2 Å². The normalized spacial score (nSPS) is 13.3. The lowest BCUT2D eigenvalue weighted by atomic mass is 10.1. The molecular weight excluding hydrogens is 372 g/mol. The molecule has 3 heterocycles. The molecule has 148 valence electrons. The van der Waals surface area contributed by atoms with Crippen LogP contribution in [0.2, 0.25) is 0 Å². The van der Waals surface area contributed by atoms with Crippen LogP contribution in [-0.2, 0) is 20.0 Å². The molecule has 9 nitrogen and oxygen atoms in total. The molecule has 29 heavy (non-hydrogen) atoms. The summed E-state index contributed by atoms with van der Waals surface area (Å²) >= 11 is 0. The number of fused-ring (bicyclic) bond motifs is 1. The predicted molar refractivity (Wildman–Crippen MR) is 103 cm³/mol. The number of tetrazole rings is 1. The van der Waals surface area contributed by atoms with E-state index in [1.54, 1.807) is 24.3 Å². The zero-order valence-corrected chi connectivity index (χ0v) is 16.4. The lowest BCUT2D eigenvalue weighted by Crippen LogP contribution is -2.32. The van der Waals surface area contributed by atoms with Gasteiger partial charge in [-0.3, -0.25) is 19.3 Å². The summed E-state index contributed by atoms with van der Waals surface area (Å²) in [7, 11) is 1.91. The topological polar surface area (TPSA) is 103 Å². The molecule has 0 aliphatic carbocycles. The van der Waals surface area contributed by atoms with Gasteiger partial charge in [-0.1, -0.05) is 12.1 Å². The van der Waals surface area contributed by atoms with Gasteiger partial charge in [-0.2, -0.15) is 4.80 Å². The van der Waals surface area contributed by atoms with Gasteiger partial charge in [0, 0.05) is 37.0 Å². The van der Waals surface area contributed by atoms with Crippen LogP contribution in [0, 0.1) is 13.8 Å². The Morgan fingerprint density at radius 2 is 1.72 bits per heavy atom. The summed E-state index contributed by atoms with van der Waals surface area (Å²) in [5.74, 6) is -0.364. The number of nitrogens with zero attached hydrogens (tertiary/aromatic N) is 6. The molecular formula is C20H20N6O3. The Balaban J connectivity index is 1.40. The Labute approximate surface area is 166 Å². The van der Waals surface area contributed by atoms with Gasteiger partial charge in [0.2, 0.25) is 0 Å². The third-order valence-corrected chi connectivity index (χ3v) is 5.29. The molecule has 2 aromatic heterocycles. The summed E-state index contributed by atoms with van der Waals surface area (Å²) in [6.45, 7) is 3.96. The average Bonchev–Trinajstić information content (AvgIpc) is 3.33. The van der Waals surface area contributed by atoms with Crippen molar-refractivity contribution >= 4 is 17.6 Å². The highest BCUT2D eigenvalue weighted by Crippen LogP contribution is 2.22. The molecule has 0 atom stereocenters. The quantitative estimate of drug-likeness (QED) is 0.463. The molecule has 1 aromatic carbocycles. The van der Waals surface area contributed by atoms with Gasteiger partial charge >= 0.3 is 0 Å². The Bertz CT molecular complexity index is 1110. The van der Waals surface area contributed by atoms with Crippen molar-refractivity contribution in [1.82, 2.24) is 29.7 Å². The van der Waals surface area contributed by atoms with Gasteiger partial charge in [0.1, 0.15) is 6.54 Å². The molecule has 0 saturated carbocycles. The minimum atomic E-state index is -0.317. The van der Waals surface area contributed by atoms with E-state index in [-0.39, 0.29) is 37.1 Å². The number of ketones is 1. The van der Waals surface area contributed by atoms with Crippen molar-refractivity contribution in [2.24, 2.45) is 7.05 Å². The van der Waals surface area contributed by atoms with E-state index in [0.29, 0.717) is 22.5 Å². The summed E-state index contributed by atoms with van der Waals surface area (Å²) in [6, 6.07) is 8.59. The van der Waals surface area contributed by atoms with Gasteiger partial charge in [-0.05, 0) is 37.3 Å². The third kappa shape index (κ3) is 3.24. The fourth-order valence-electron chi connectivity index (χ4n) is 3.45. The van der Waals surface area contributed by atoms with E-state index in [1.807, 2.05) is 31.5 Å². The molecule has 1 aliphatic rings. The third-order valence-electron chi connectivity index (χ3n) is 5.29. The lowest BCUT2D eigenvalue weighted by molar-refractivity contribution is 0.0655. The zero-order valence-electron chi connectivity index (χ0n) is 16.4. The molecule has 0 N–H and O–H groups in total. The molecule has 0 radical (unpaired) electrons. The molecule has 9 heteroatoms. The molecule has 0 fully saturated rings. The number of aryl methyl sites for hydroxylation is 1. The van der Waals surface area contributed by atoms with E-state index >= 15 is 0 Å². The van der Waals surface area contributed by atoms with Crippen LogP contribution in [-0.4, -0.2) is 53.8 Å². The van der Waals surface area contributed by atoms with Crippen molar-refractivity contribution in [2.75, 3.05) is 6.54 Å². The standard InChI is InChI=1S/C20H20N6O3/c1-12-10-16(13(2)24(12)3)17(27)11-26-22-18(21-23-26)8-9-25-19(28)14-6-4-5-7-15(14)20(25)29/h4-7,10H,8-9,11H2,1-3H3. The van der Waals surface area contributed by atoms with E-state index in [9.17, 15) is 14.4 Å². The first-order valence-corrected chi connectivity index (χ1v) is 9.25. The molecule has 0 saturated heterocycles. The maximum Gasteiger partial charge on any atom is 0.261 e. The number of imide groups is 1. The van der Waals surface area contributed by atoms with Gasteiger partial charge in [0.15, 0.2) is 11.6 Å². The van der Waals surface area contributed by atoms with Crippen molar-refractivity contribution in [1.29, 1.82) is 0 Å².